The van der Waals surface area contributed by atoms with E-state index in [9.17, 15) is 9.59 Å². The highest BCUT2D eigenvalue weighted by atomic mass is 16.2. The molecule has 6 heteroatoms. The molecule has 2 amide bonds. The first-order valence-corrected chi connectivity index (χ1v) is 13.0. The Bertz CT molecular complexity index is 1000. The zero-order valence-electron chi connectivity index (χ0n) is 21.4. The molecule has 2 aliphatic rings. The molecule has 2 heterocycles. The second-order valence-electron chi connectivity index (χ2n) is 11.4. The van der Waals surface area contributed by atoms with Crippen molar-refractivity contribution in [2.24, 2.45) is 17.1 Å². The maximum absolute atomic E-state index is 12.8. The fourth-order valence-electron chi connectivity index (χ4n) is 5.34. The first-order chi connectivity index (χ1) is 16.7. The van der Waals surface area contributed by atoms with E-state index in [1.165, 1.54) is 32.5 Å². The van der Waals surface area contributed by atoms with Crippen LogP contribution < -0.4 is 11.1 Å². The van der Waals surface area contributed by atoms with Gasteiger partial charge in [-0.1, -0.05) is 45.0 Å². The van der Waals surface area contributed by atoms with Gasteiger partial charge in [-0.2, -0.15) is 0 Å². The summed E-state index contributed by atoms with van der Waals surface area (Å²) >= 11 is 0. The number of primary amides is 1. The molecule has 0 aromatic heterocycles. The summed E-state index contributed by atoms with van der Waals surface area (Å²) in [6, 6.07) is 15.6. The van der Waals surface area contributed by atoms with Gasteiger partial charge in [0.2, 0.25) is 5.91 Å². The molecular formula is C29H40N4O2. The molecule has 35 heavy (non-hydrogen) atoms. The third-order valence-electron chi connectivity index (χ3n) is 7.19. The number of nitrogens with zero attached hydrogens (tertiary/aromatic N) is 2. The highest BCUT2D eigenvalue weighted by Gasteiger charge is 2.33. The van der Waals surface area contributed by atoms with Gasteiger partial charge in [0.15, 0.2) is 0 Å². The number of rotatable bonds is 7. The summed E-state index contributed by atoms with van der Waals surface area (Å²) in [7, 11) is 0. The minimum atomic E-state index is -0.488. The van der Waals surface area contributed by atoms with E-state index in [1.807, 2.05) is 24.3 Å². The Morgan fingerprint density at radius 2 is 1.51 bits per heavy atom. The first-order valence-electron chi connectivity index (χ1n) is 13.0. The van der Waals surface area contributed by atoms with E-state index in [0.717, 1.165) is 35.7 Å². The second-order valence-corrected chi connectivity index (χ2v) is 11.4. The highest BCUT2D eigenvalue weighted by Crippen LogP contribution is 2.26. The highest BCUT2D eigenvalue weighted by molar-refractivity contribution is 5.98. The van der Waals surface area contributed by atoms with Crippen LogP contribution >= 0.6 is 0 Å². The number of carbonyl (C=O) groups excluding carboxylic acids is 2. The van der Waals surface area contributed by atoms with Crippen molar-refractivity contribution in [3.05, 3.63) is 54.1 Å². The molecule has 188 valence electrons. The van der Waals surface area contributed by atoms with Gasteiger partial charge in [0.1, 0.15) is 6.04 Å². The summed E-state index contributed by atoms with van der Waals surface area (Å²) in [5, 5.41) is 3.62. The van der Waals surface area contributed by atoms with Crippen molar-refractivity contribution in [2.75, 3.05) is 38.0 Å². The molecule has 0 unspecified atom stereocenters. The van der Waals surface area contributed by atoms with Crippen LogP contribution in [0.3, 0.4) is 0 Å². The van der Waals surface area contributed by atoms with E-state index in [2.05, 4.69) is 55.3 Å². The van der Waals surface area contributed by atoms with Crippen LogP contribution in [0.5, 0.6) is 0 Å². The van der Waals surface area contributed by atoms with Crippen molar-refractivity contribution in [2.45, 2.75) is 52.5 Å². The van der Waals surface area contributed by atoms with Crippen molar-refractivity contribution in [3.63, 3.8) is 0 Å². The van der Waals surface area contributed by atoms with E-state index in [1.54, 1.807) is 4.90 Å². The minimum absolute atomic E-state index is 0.123. The summed E-state index contributed by atoms with van der Waals surface area (Å²) in [6.45, 7) is 12.1. The second kappa shape index (κ2) is 10.8. The first kappa shape index (κ1) is 25.2. The predicted octanol–water partition coefficient (Wildman–Crippen LogP) is 4.61. The lowest BCUT2D eigenvalue weighted by atomic mass is 9.92. The average Bonchev–Trinajstić information content (AvgIpc) is 3.33. The largest absolute Gasteiger partial charge is 0.385 e. The number of likely N-dealkylation sites (tertiary alicyclic amines) is 2. The summed E-state index contributed by atoms with van der Waals surface area (Å²) < 4.78 is 0. The molecule has 2 saturated heterocycles. The van der Waals surface area contributed by atoms with E-state index in [-0.39, 0.29) is 5.91 Å². The van der Waals surface area contributed by atoms with Crippen LogP contribution in [0.2, 0.25) is 0 Å². The molecule has 0 spiro atoms. The Morgan fingerprint density at radius 3 is 2.09 bits per heavy atom. The third-order valence-corrected chi connectivity index (χ3v) is 7.19. The number of anilines is 1. The average molecular weight is 477 g/mol. The van der Waals surface area contributed by atoms with Gasteiger partial charge in [0.25, 0.3) is 5.91 Å². The van der Waals surface area contributed by atoms with Gasteiger partial charge in [-0.15, -0.1) is 0 Å². The molecule has 0 radical (unpaired) electrons. The summed E-state index contributed by atoms with van der Waals surface area (Å²) in [6.07, 6.45) is 3.97. The van der Waals surface area contributed by atoms with Crippen LogP contribution in [0, 0.1) is 11.3 Å². The number of carbonyl (C=O) groups is 2. The number of nitrogens with one attached hydrogen (secondary N) is 1. The lowest BCUT2D eigenvalue weighted by molar-refractivity contribution is -0.121. The molecule has 0 aliphatic carbocycles. The molecule has 4 rings (SSSR count). The van der Waals surface area contributed by atoms with Crippen molar-refractivity contribution in [3.8, 4) is 11.1 Å². The topological polar surface area (TPSA) is 78.7 Å². The normalized spacial score (nSPS) is 19.6. The van der Waals surface area contributed by atoms with E-state index < -0.39 is 11.9 Å². The van der Waals surface area contributed by atoms with Crippen molar-refractivity contribution in [1.82, 2.24) is 9.80 Å². The Balaban J connectivity index is 1.28. The molecule has 2 aliphatic heterocycles. The van der Waals surface area contributed by atoms with Crippen molar-refractivity contribution in [1.29, 1.82) is 0 Å². The number of piperidine rings is 1. The van der Waals surface area contributed by atoms with Crippen LogP contribution in [0.25, 0.3) is 11.1 Å². The number of nitrogens with two attached hydrogens (primary N) is 1. The molecule has 6 nitrogen and oxygen atoms in total. The Hall–Kier alpha value is -2.86. The molecule has 2 fully saturated rings. The SMILES string of the molecule is CC(C)(C)CN1CCC(CNc2ccc(-c3ccc(C(=O)N4CCC[C@H]4C(N)=O)cc3)cc2)CC1. The minimum Gasteiger partial charge on any atom is -0.385 e. The Labute approximate surface area is 209 Å². The molecule has 3 N–H and O–H groups in total. The van der Waals surface area contributed by atoms with Gasteiger partial charge in [0, 0.05) is 30.9 Å². The Morgan fingerprint density at radius 1 is 0.914 bits per heavy atom. The van der Waals surface area contributed by atoms with Crippen LogP contribution in [0.1, 0.15) is 56.8 Å². The number of hydrogen-bond acceptors (Lipinski definition) is 4. The van der Waals surface area contributed by atoms with Crippen molar-refractivity contribution >= 4 is 17.5 Å². The molecule has 2 aromatic rings. The smallest absolute Gasteiger partial charge is 0.254 e. The molecular weight excluding hydrogens is 436 g/mol. The van der Waals surface area contributed by atoms with Crippen LogP contribution in [0.15, 0.2) is 48.5 Å². The summed E-state index contributed by atoms with van der Waals surface area (Å²) in [4.78, 5) is 28.7. The zero-order valence-corrected chi connectivity index (χ0v) is 21.4. The van der Waals surface area contributed by atoms with Gasteiger partial charge < -0.3 is 20.9 Å². The standard InChI is InChI=1S/C29H40N4O2/c1-29(2,3)20-32-17-14-21(15-18-32)19-31-25-12-10-23(11-13-25)22-6-8-24(9-7-22)28(35)33-16-4-5-26(33)27(30)34/h6-13,21,26,31H,4-5,14-20H2,1-3H3,(H2,30,34)/t26-/m0/s1. The maximum atomic E-state index is 12.8. The van der Waals surface area contributed by atoms with Crippen molar-refractivity contribution < 1.29 is 9.59 Å². The molecule has 2 aromatic carbocycles. The Kier molecular flexibility index (Phi) is 7.80. The number of benzene rings is 2. The molecule has 1 atom stereocenters. The summed E-state index contributed by atoms with van der Waals surface area (Å²) in [5.74, 6) is 0.176. The van der Waals surface area contributed by atoms with Gasteiger partial charge in [-0.3, -0.25) is 9.59 Å². The van der Waals surface area contributed by atoms with Gasteiger partial charge in [-0.25, -0.2) is 0 Å². The van der Waals surface area contributed by atoms with E-state index in [4.69, 9.17) is 5.73 Å². The molecule has 0 bridgehead atoms. The fourth-order valence-corrected chi connectivity index (χ4v) is 5.34. The molecule has 0 saturated carbocycles. The predicted molar refractivity (Wildman–Crippen MR) is 142 cm³/mol. The zero-order chi connectivity index (χ0) is 25.0. The van der Waals surface area contributed by atoms with E-state index in [0.29, 0.717) is 23.9 Å². The lowest BCUT2D eigenvalue weighted by Crippen LogP contribution is -2.43. The number of amides is 2. The monoisotopic (exact) mass is 476 g/mol. The summed E-state index contributed by atoms with van der Waals surface area (Å²) in [5.41, 5.74) is 9.74. The third kappa shape index (κ3) is 6.63. The van der Waals surface area contributed by atoms with Gasteiger partial charge in [-0.05, 0) is 85.5 Å². The maximum Gasteiger partial charge on any atom is 0.254 e. The quantitative estimate of drug-likeness (QED) is 0.612. The lowest BCUT2D eigenvalue weighted by Gasteiger charge is -2.36. The van der Waals surface area contributed by atoms with Gasteiger partial charge in [0.05, 0.1) is 0 Å². The number of hydrogen-bond donors (Lipinski definition) is 2. The van der Waals surface area contributed by atoms with Crippen LogP contribution in [-0.2, 0) is 4.79 Å². The fraction of sp³-hybridized carbons (Fsp3) is 0.517. The van der Waals surface area contributed by atoms with Crippen LogP contribution in [0.4, 0.5) is 5.69 Å². The van der Waals surface area contributed by atoms with E-state index >= 15 is 0 Å². The van der Waals surface area contributed by atoms with Crippen LogP contribution in [-0.4, -0.2) is 60.4 Å². The van der Waals surface area contributed by atoms with Gasteiger partial charge >= 0.3 is 0 Å².